The van der Waals surface area contributed by atoms with Gasteiger partial charge in [-0.25, -0.2) is 4.79 Å². The number of esters is 1. The van der Waals surface area contributed by atoms with Gasteiger partial charge in [0.2, 0.25) is 0 Å². The first-order valence-electron chi connectivity index (χ1n) is 10.8. The van der Waals surface area contributed by atoms with Crippen molar-refractivity contribution in [3.8, 4) is 0 Å². The Hall–Kier alpha value is -1.73. The molecule has 0 heterocycles. The number of halogens is 1. The van der Waals surface area contributed by atoms with Crippen molar-refractivity contribution in [1.82, 2.24) is 0 Å². The summed E-state index contributed by atoms with van der Waals surface area (Å²) >= 11 is 3.65. The Balaban J connectivity index is 2.11. The Bertz CT molecular complexity index is 872. The third kappa shape index (κ3) is 4.87. The molecule has 4 nitrogen and oxygen atoms in total. The normalized spacial score (nSPS) is 22.0. The summed E-state index contributed by atoms with van der Waals surface area (Å²) < 4.78 is 12.5. The summed E-state index contributed by atoms with van der Waals surface area (Å²) in [6.07, 6.45) is 1.99. The van der Waals surface area contributed by atoms with E-state index >= 15 is 0 Å². The second-order valence-corrected chi connectivity index (χ2v) is 14.3. The maximum absolute atomic E-state index is 12.5. The molecule has 0 aliphatic heterocycles. The zero-order valence-electron chi connectivity index (χ0n) is 18.7. The van der Waals surface area contributed by atoms with Crippen LogP contribution in [-0.4, -0.2) is 37.9 Å². The van der Waals surface area contributed by atoms with Crippen molar-refractivity contribution in [2.45, 2.75) is 56.1 Å². The minimum atomic E-state index is -2.77. The molecule has 0 amide bonds. The fourth-order valence-corrected chi connectivity index (χ4v) is 9.71. The highest BCUT2D eigenvalue weighted by Gasteiger charge is 2.52. The van der Waals surface area contributed by atoms with Crippen LogP contribution in [0.15, 0.2) is 72.3 Å². The van der Waals surface area contributed by atoms with Crippen LogP contribution in [0.4, 0.5) is 0 Å². The van der Waals surface area contributed by atoms with Crippen molar-refractivity contribution in [2.24, 2.45) is 5.73 Å². The molecule has 0 radical (unpaired) electrons. The molecule has 6 heteroatoms. The second-order valence-electron chi connectivity index (χ2n) is 8.96. The lowest BCUT2D eigenvalue weighted by Crippen LogP contribution is -2.69. The molecule has 1 aliphatic rings. The quantitative estimate of drug-likeness (QED) is 0.370. The Morgan fingerprint density at radius 3 is 2.03 bits per heavy atom. The van der Waals surface area contributed by atoms with Gasteiger partial charge in [-0.2, -0.15) is 0 Å². The van der Waals surface area contributed by atoms with Crippen molar-refractivity contribution < 1.29 is 14.0 Å². The maximum atomic E-state index is 12.5. The van der Waals surface area contributed by atoms with Gasteiger partial charge in [0.25, 0.3) is 8.32 Å². The highest BCUT2D eigenvalue weighted by molar-refractivity contribution is 9.09. The molecule has 2 aromatic rings. The Kier molecular flexibility index (Phi) is 7.58. The third-order valence-electron chi connectivity index (χ3n) is 5.86. The van der Waals surface area contributed by atoms with Crippen LogP contribution in [0.25, 0.3) is 0 Å². The zero-order chi connectivity index (χ0) is 22.6. The summed E-state index contributed by atoms with van der Waals surface area (Å²) in [6.45, 7) is 8.87. The monoisotopic (exact) mass is 501 g/mol. The van der Waals surface area contributed by atoms with E-state index in [4.69, 9.17) is 14.9 Å². The number of alkyl halides is 1. The van der Waals surface area contributed by atoms with Crippen LogP contribution in [0.1, 0.15) is 34.1 Å². The molecule has 0 spiro atoms. The van der Waals surface area contributed by atoms with E-state index in [0.717, 1.165) is 0 Å². The van der Waals surface area contributed by atoms with Crippen molar-refractivity contribution >= 4 is 40.6 Å². The van der Waals surface area contributed by atoms with Gasteiger partial charge in [0.1, 0.15) is 0 Å². The SMILES string of the molecule is CCOC(=O)C1=C[C@@H](Br)[C@H](N)[C@@H](O[Si](c2ccccc2)(c2ccccc2)C(C)(C)C)C1. The molecule has 0 unspecified atom stereocenters. The summed E-state index contributed by atoms with van der Waals surface area (Å²) in [6, 6.07) is 20.7. The van der Waals surface area contributed by atoms with Crippen LogP contribution in [-0.2, 0) is 14.0 Å². The predicted octanol–water partition coefficient (Wildman–Crippen LogP) is 3.92. The van der Waals surface area contributed by atoms with Crippen molar-refractivity contribution in [3.05, 3.63) is 72.3 Å². The number of ether oxygens (including phenoxy) is 1. The van der Waals surface area contributed by atoms with Gasteiger partial charge >= 0.3 is 5.97 Å². The molecule has 2 N–H and O–H groups in total. The van der Waals surface area contributed by atoms with Gasteiger partial charge in [-0.15, -0.1) is 0 Å². The molecule has 166 valence electrons. The molecule has 1 aliphatic carbocycles. The Morgan fingerprint density at radius 1 is 1.06 bits per heavy atom. The number of nitrogens with two attached hydrogens (primary N) is 1. The average Bonchev–Trinajstić information content (AvgIpc) is 2.75. The minimum absolute atomic E-state index is 0.163. The Labute approximate surface area is 195 Å². The fourth-order valence-electron chi connectivity index (χ4n) is 4.34. The number of hydrogen-bond acceptors (Lipinski definition) is 4. The van der Waals surface area contributed by atoms with E-state index in [0.29, 0.717) is 18.6 Å². The highest BCUT2D eigenvalue weighted by atomic mass is 79.9. The van der Waals surface area contributed by atoms with Gasteiger partial charge in [-0.3, -0.25) is 0 Å². The number of rotatable bonds is 6. The van der Waals surface area contributed by atoms with E-state index in [-0.39, 0.29) is 28.0 Å². The summed E-state index contributed by atoms with van der Waals surface area (Å²) in [4.78, 5) is 12.3. The molecule has 31 heavy (non-hydrogen) atoms. The van der Waals surface area contributed by atoms with Gasteiger partial charge in [0, 0.05) is 18.0 Å². The predicted molar refractivity (Wildman–Crippen MR) is 133 cm³/mol. The summed E-state index contributed by atoms with van der Waals surface area (Å²) in [5.74, 6) is -0.296. The van der Waals surface area contributed by atoms with Gasteiger partial charge in [-0.1, -0.05) is 103 Å². The van der Waals surface area contributed by atoms with Crippen LogP contribution in [0.2, 0.25) is 5.04 Å². The molecule has 0 bridgehead atoms. The maximum Gasteiger partial charge on any atom is 0.333 e. The highest BCUT2D eigenvalue weighted by Crippen LogP contribution is 2.39. The van der Waals surface area contributed by atoms with Crippen molar-refractivity contribution in [1.29, 1.82) is 0 Å². The van der Waals surface area contributed by atoms with Crippen molar-refractivity contribution in [2.75, 3.05) is 6.61 Å². The standard InChI is InChI=1S/C25H32BrNO3Si/c1-5-29-24(28)18-16-21(26)23(27)22(17-18)30-31(25(2,3)4,19-12-8-6-9-13-19)20-14-10-7-11-15-20/h6-16,21-23H,5,17,27H2,1-4H3/t21-,22+,23+/m1/s1. The Morgan fingerprint density at radius 2 is 1.58 bits per heavy atom. The number of benzene rings is 2. The zero-order valence-corrected chi connectivity index (χ0v) is 21.3. The van der Waals surface area contributed by atoms with E-state index in [2.05, 4.69) is 85.2 Å². The molecule has 0 aromatic heterocycles. The smallest absolute Gasteiger partial charge is 0.333 e. The summed E-state index contributed by atoms with van der Waals surface area (Å²) in [5, 5.41) is 2.22. The first kappa shape index (κ1) is 23.9. The minimum Gasteiger partial charge on any atom is -0.463 e. The van der Waals surface area contributed by atoms with Gasteiger partial charge in [0.15, 0.2) is 0 Å². The number of carbonyl (C=O) groups excluding carboxylic acids is 1. The number of hydrogen-bond donors (Lipinski definition) is 1. The van der Waals surface area contributed by atoms with Crippen LogP contribution < -0.4 is 16.1 Å². The lowest BCUT2D eigenvalue weighted by Gasteiger charge is -2.47. The van der Waals surface area contributed by atoms with Crippen LogP contribution in [0.3, 0.4) is 0 Å². The lowest BCUT2D eigenvalue weighted by atomic mass is 9.93. The lowest BCUT2D eigenvalue weighted by molar-refractivity contribution is -0.139. The van der Waals surface area contributed by atoms with Crippen molar-refractivity contribution in [3.63, 3.8) is 0 Å². The molecular weight excluding hydrogens is 470 g/mol. The third-order valence-corrected chi connectivity index (χ3v) is 11.8. The van der Waals surface area contributed by atoms with E-state index < -0.39 is 8.32 Å². The van der Waals surface area contributed by atoms with Crippen LogP contribution in [0.5, 0.6) is 0 Å². The average molecular weight is 503 g/mol. The van der Waals surface area contributed by atoms with E-state index in [9.17, 15) is 4.79 Å². The fraction of sp³-hybridized carbons (Fsp3) is 0.400. The van der Waals surface area contributed by atoms with Crippen LogP contribution >= 0.6 is 15.9 Å². The molecule has 0 saturated carbocycles. The second kappa shape index (κ2) is 9.82. The molecular formula is C25H32BrNO3Si. The largest absolute Gasteiger partial charge is 0.463 e. The summed E-state index contributed by atoms with van der Waals surface area (Å²) in [5.41, 5.74) is 7.24. The van der Waals surface area contributed by atoms with E-state index in [1.165, 1.54) is 10.4 Å². The number of carbonyl (C=O) groups is 1. The van der Waals surface area contributed by atoms with Crippen LogP contribution in [0, 0.1) is 0 Å². The molecule has 3 atom stereocenters. The summed E-state index contributed by atoms with van der Waals surface area (Å²) in [7, 11) is -2.77. The molecule has 2 aromatic carbocycles. The molecule has 3 rings (SSSR count). The van der Waals surface area contributed by atoms with Gasteiger partial charge < -0.3 is 14.9 Å². The molecule has 0 fully saturated rings. The van der Waals surface area contributed by atoms with E-state index in [1.807, 2.05) is 25.1 Å². The first-order valence-corrected chi connectivity index (χ1v) is 13.6. The van der Waals surface area contributed by atoms with Gasteiger partial charge in [-0.05, 0) is 22.3 Å². The first-order chi connectivity index (χ1) is 14.7. The van der Waals surface area contributed by atoms with Gasteiger partial charge in [0.05, 0.1) is 17.5 Å². The topological polar surface area (TPSA) is 61.5 Å². The molecule has 0 saturated heterocycles. The van der Waals surface area contributed by atoms with E-state index in [1.54, 1.807) is 0 Å².